The van der Waals surface area contributed by atoms with Crippen LogP contribution in [0.2, 0.25) is 0 Å². The molecule has 0 N–H and O–H groups in total. The van der Waals surface area contributed by atoms with E-state index in [0.29, 0.717) is 0 Å². The Bertz CT molecular complexity index is 184. The second-order valence-electron chi connectivity index (χ2n) is 4.93. The lowest BCUT2D eigenvalue weighted by molar-refractivity contribution is 0.247. The second-order valence-corrected chi connectivity index (χ2v) is 4.93. The number of likely N-dealkylation sites (tertiary alicyclic amines) is 1. The lowest BCUT2D eigenvalue weighted by Crippen LogP contribution is -2.31. The van der Waals surface area contributed by atoms with Gasteiger partial charge < -0.3 is 4.90 Å². The molecule has 2 nitrogen and oxygen atoms in total. The zero-order chi connectivity index (χ0) is 8.29. The van der Waals surface area contributed by atoms with E-state index in [1.807, 2.05) is 0 Å². The van der Waals surface area contributed by atoms with Crippen LogP contribution in [0.15, 0.2) is 0 Å². The third kappa shape index (κ3) is 0.728. The maximum Gasteiger partial charge on any atom is 0.0140 e. The molecule has 0 aromatic rings. The number of nitrogens with zero attached hydrogens (tertiary/aromatic N) is 2. The molecule has 0 amide bonds. The van der Waals surface area contributed by atoms with E-state index >= 15 is 0 Å². The Morgan fingerprint density at radius 2 is 1.42 bits per heavy atom. The van der Waals surface area contributed by atoms with Crippen LogP contribution < -0.4 is 0 Å². The average Bonchev–Trinajstić information content (AvgIpc) is 2.60. The van der Waals surface area contributed by atoms with Gasteiger partial charge in [-0.25, -0.2) is 0 Å². The molecule has 0 saturated carbocycles. The van der Waals surface area contributed by atoms with E-state index in [-0.39, 0.29) is 0 Å². The van der Waals surface area contributed by atoms with Crippen molar-refractivity contribution >= 4 is 0 Å². The Hall–Kier alpha value is -0.0800. The van der Waals surface area contributed by atoms with E-state index in [9.17, 15) is 0 Å². The molecule has 0 spiro atoms. The Balaban J connectivity index is 1.89. The zero-order valence-electron chi connectivity index (χ0n) is 8.03. The van der Waals surface area contributed by atoms with Crippen molar-refractivity contribution in [3.63, 3.8) is 0 Å². The monoisotopic (exact) mass is 166 g/mol. The lowest BCUT2D eigenvalue weighted by Gasteiger charge is -2.20. The lowest BCUT2D eigenvalue weighted by atomic mass is 9.82. The van der Waals surface area contributed by atoms with Gasteiger partial charge in [0.15, 0.2) is 0 Å². The van der Waals surface area contributed by atoms with Gasteiger partial charge in [-0.3, -0.25) is 4.90 Å². The number of fused-ring (bicyclic) bond motifs is 5. The molecule has 2 unspecified atom stereocenters. The molecular weight excluding hydrogens is 148 g/mol. The smallest absolute Gasteiger partial charge is 0.0140 e. The fourth-order valence-electron chi connectivity index (χ4n) is 3.91. The highest BCUT2D eigenvalue weighted by Gasteiger charge is 2.54. The molecule has 3 fully saturated rings. The summed E-state index contributed by atoms with van der Waals surface area (Å²) in [6, 6.07) is 1.87. The van der Waals surface area contributed by atoms with E-state index < -0.39 is 0 Å². The molecule has 3 heterocycles. The van der Waals surface area contributed by atoms with Gasteiger partial charge in [0.1, 0.15) is 0 Å². The Morgan fingerprint density at radius 3 is 1.92 bits per heavy atom. The molecule has 0 aromatic carbocycles. The third-order valence-corrected chi connectivity index (χ3v) is 4.39. The molecule has 0 aromatic heterocycles. The highest BCUT2D eigenvalue weighted by atomic mass is 15.3. The molecule has 68 valence electrons. The van der Waals surface area contributed by atoms with Crippen LogP contribution in [0.25, 0.3) is 0 Å². The molecule has 12 heavy (non-hydrogen) atoms. The van der Waals surface area contributed by atoms with Gasteiger partial charge >= 0.3 is 0 Å². The summed E-state index contributed by atoms with van der Waals surface area (Å²) in [5, 5.41) is 0. The van der Waals surface area contributed by atoms with Crippen LogP contribution in [0.5, 0.6) is 0 Å². The second kappa shape index (κ2) is 2.24. The van der Waals surface area contributed by atoms with Crippen molar-refractivity contribution in [1.82, 2.24) is 9.80 Å². The van der Waals surface area contributed by atoms with Crippen molar-refractivity contribution in [2.45, 2.75) is 24.9 Å². The summed E-state index contributed by atoms with van der Waals surface area (Å²) in [6.45, 7) is 2.71. The molecule has 4 atom stereocenters. The number of hydrogen-bond donors (Lipinski definition) is 0. The average molecular weight is 166 g/mol. The molecule has 3 aliphatic heterocycles. The summed E-state index contributed by atoms with van der Waals surface area (Å²) in [4.78, 5) is 5.18. The molecule has 3 saturated heterocycles. The van der Waals surface area contributed by atoms with Gasteiger partial charge in [0.2, 0.25) is 0 Å². The molecular formula is C10H18N2. The van der Waals surface area contributed by atoms with Crippen LogP contribution in [0, 0.1) is 11.8 Å². The Labute approximate surface area is 74.5 Å². The van der Waals surface area contributed by atoms with E-state index in [4.69, 9.17) is 0 Å². The van der Waals surface area contributed by atoms with E-state index in [1.165, 1.54) is 25.9 Å². The molecule has 2 bridgehead atoms. The summed E-state index contributed by atoms with van der Waals surface area (Å²) < 4.78 is 0. The van der Waals surface area contributed by atoms with Gasteiger partial charge in [0, 0.05) is 25.2 Å². The van der Waals surface area contributed by atoms with Crippen LogP contribution in [0.4, 0.5) is 0 Å². The zero-order valence-corrected chi connectivity index (χ0v) is 8.03. The predicted molar refractivity (Wildman–Crippen MR) is 49.1 cm³/mol. The van der Waals surface area contributed by atoms with E-state index in [0.717, 1.165) is 23.9 Å². The molecule has 0 aliphatic carbocycles. The normalized spacial score (nSPS) is 53.5. The quantitative estimate of drug-likeness (QED) is 0.521. The first kappa shape index (κ1) is 7.34. The van der Waals surface area contributed by atoms with Crippen molar-refractivity contribution < 1.29 is 0 Å². The SMILES string of the molecule is CN1C[C@@H]2C3CCC([C@@H]2C1)N3C. The van der Waals surface area contributed by atoms with Crippen molar-refractivity contribution in [1.29, 1.82) is 0 Å². The van der Waals surface area contributed by atoms with E-state index in [1.54, 1.807) is 0 Å². The standard InChI is InChI=1S/C10H18N2/c1-11-5-7-8(6-11)10-4-3-9(7)12(10)2/h7-10H,3-6H2,1-2H3/t7-,8+,9?,10?. The molecule has 0 radical (unpaired) electrons. The van der Waals surface area contributed by atoms with Gasteiger partial charge in [-0.15, -0.1) is 0 Å². The minimum atomic E-state index is 0.935. The maximum absolute atomic E-state index is 2.66. The minimum absolute atomic E-state index is 0.935. The molecule has 3 rings (SSSR count). The molecule has 3 aliphatic rings. The Morgan fingerprint density at radius 1 is 0.917 bits per heavy atom. The highest BCUT2D eigenvalue weighted by molar-refractivity contribution is 5.08. The summed E-state index contributed by atoms with van der Waals surface area (Å²) in [6.07, 6.45) is 2.94. The predicted octanol–water partition coefficient (Wildman–Crippen LogP) is 0.641. The number of rotatable bonds is 0. The summed E-state index contributed by atoms with van der Waals surface area (Å²) in [7, 11) is 4.61. The van der Waals surface area contributed by atoms with Gasteiger partial charge in [-0.2, -0.15) is 0 Å². The highest BCUT2D eigenvalue weighted by Crippen LogP contribution is 2.47. The third-order valence-electron chi connectivity index (χ3n) is 4.39. The first-order chi connectivity index (χ1) is 5.77. The Kier molecular flexibility index (Phi) is 1.37. The van der Waals surface area contributed by atoms with Crippen LogP contribution in [-0.4, -0.2) is 49.1 Å². The summed E-state index contributed by atoms with van der Waals surface area (Å²) in [5.41, 5.74) is 0. The van der Waals surface area contributed by atoms with Crippen LogP contribution >= 0.6 is 0 Å². The van der Waals surface area contributed by atoms with Crippen LogP contribution in [0.1, 0.15) is 12.8 Å². The summed E-state index contributed by atoms with van der Waals surface area (Å²) in [5.74, 6) is 2.03. The fraction of sp³-hybridized carbons (Fsp3) is 1.00. The van der Waals surface area contributed by atoms with Crippen molar-refractivity contribution in [2.75, 3.05) is 27.2 Å². The van der Waals surface area contributed by atoms with Gasteiger partial charge in [-0.1, -0.05) is 0 Å². The number of hydrogen-bond acceptors (Lipinski definition) is 2. The van der Waals surface area contributed by atoms with Gasteiger partial charge in [0.05, 0.1) is 0 Å². The topological polar surface area (TPSA) is 6.48 Å². The minimum Gasteiger partial charge on any atom is -0.306 e. The van der Waals surface area contributed by atoms with E-state index in [2.05, 4.69) is 23.9 Å². The van der Waals surface area contributed by atoms with Gasteiger partial charge in [0.25, 0.3) is 0 Å². The van der Waals surface area contributed by atoms with Crippen molar-refractivity contribution in [3.05, 3.63) is 0 Å². The van der Waals surface area contributed by atoms with Gasteiger partial charge in [-0.05, 0) is 38.8 Å². The van der Waals surface area contributed by atoms with Crippen molar-refractivity contribution in [3.8, 4) is 0 Å². The molecule has 2 heteroatoms. The summed E-state index contributed by atoms with van der Waals surface area (Å²) >= 11 is 0. The van der Waals surface area contributed by atoms with Crippen LogP contribution in [-0.2, 0) is 0 Å². The first-order valence-corrected chi connectivity index (χ1v) is 5.18. The largest absolute Gasteiger partial charge is 0.306 e. The van der Waals surface area contributed by atoms with Crippen LogP contribution in [0.3, 0.4) is 0 Å². The first-order valence-electron chi connectivity index (χ1n) is 5.18. The maximum atomic E-state index is 2.66. The fourth-order valence-corrected chi connectivity index (χ4v) is 3.91. The van der Waals surface area contributed by atoms with Crippen molar-refractivity contribution in [2.24, 2.45) is 11.8 Å².